The van der Waals surface area contributed by atoms with E-state index in [1.165, 1.54) is 34.6 Å². The molecule has 0 bridgehead atoms. The molecule has 4 aliphatic carbocycles. The lowest BCUT2D eigenvalue weighted by Gasteiger charge is -2.60. The average Bonchev–Trinajstić information content (AvgIpc) is 1.67. The van der Waals surface area contributed by atoms with Crippen molar-refractivity contribution in [1.82, 2.24) is 0 Å². The van der Waals surface area contributed by atoms with Gasteiger partial charge in [-0.3, -0.25) is 9.35 Å². The van der Waals surface area contributed by atoms with Gasteiger partial charge in [0.15, 0.2) is 37.7 Å². The molecular formula is C63H104O31S. The zero-order valence-electron chi connectivity index (χ0n) is 55.5. The van der Waals surface area contributed by atoms with E-state index in [9.17, 15) is 89.3 Å². The van der Waals surface area contributed by atoms with Gasteiger partial charge in [0.25, 0.3) is 0 Å². The molecule has 0 aromatic carbocycles. The van der Waals surface area contributed by atoms with Crippen LogP contribution in [0.2, 0.25) is 0 Å². The molecular weight excluding hydrogens is 1280 g/mol. The number of ether oxygens (including phenoxy) is 12. The number of hydrogen-bond acceptors (Lipinski definition) is 30. The predicted molar refractivity (Wildman–Crippen MR) is 320 cm³/mol. The van der Waals surface area contributed by atoms with Crippen molar-refractivity contribution in [2.75, 3.05) is 6.61 Å². The number of Topliss-reactive ketones (excluding diaryl/α,β-unsaturated/α-hetero) is 1. The van der Waals surface area contributed by atoms with Crippen molar-refractivity contribution in [1.29, 1.82) is 0 Å². The molecule has 15 N–H and O–H groups in total. The van der Waals surface area contributed by atoms with Gasteiger partial charge >= 0.3 is 10.4 Å². The molecule has 3 saturated carbocycles. The number of aliphatic hydroxyl groups is 14. The summed E-state index contributed by atoms with van der Waals surface area (Å²) in [4.78, 5) is 13.6. The Morgan fingerprint density at radius 1 is 0.547 bits per heavy atom. The first kappa shape index (κ1) is 75.9. The van der Waals surface area contributed by atoms with Gasteiger partial charge in [-0.15, -0.1) is 0 Å². The zero-order valence-corrected chi connectivity index (χ0v) is 56.3. The quantitative estimate of drug-likeness (QED) is 0.0468. The molecule has 31 nitrogen and oxygen atoms in total. The Bertz CT molecular complexity index is 2750. The highest BCUT2D eigenvalue weighted by Crippen LogP contribution is 2.67. The molecule has 9 fully saturated rings. The topological polar surface area (TPSA) is 475 Å². The van der Waals surface area contributed by atoms with E-state index in [0.717, 1.165) is 5.57 Å². The standard InChI is InChI=1S/C63H104O31S/c1-22(2)23(3)34(64)20-63(11,78)37-13-12-31-30-19-35(33-18-29(94-95(79,80)81)14-16-61(33,9)32(30)15-17-62(31,37)10)88-57-49(76)52(42(69)27(7)85-57)91-59-53(92-56-48(75)45(72)39(66)25(5)84-56)43(70)36(21-82-59)89-60-54(46(73)40(67)26(6)87-60)93-58-50(77)51(41(68)28(8)86-58)90-55-47(74)44(71)38(65)24(4)83-55/h15,22-31,33,35-60,65-78H,12-14,16-21H2,1-11H3,(H,79,80,81)/t23?,24-,25-,26-,27-,28-,29+,30+,31+,33-,35+,36-,37+,38+,39-,40-,41+,42-,43+,44+,45+,46+,47-,48-,49-,50-,51+,52+,53-,54-,55?,56?,57?,58?,59?,60?,61-,62+,63-/m1/s1. The molecule has 0 aromatic heterocycles. The van der Waals surface area contributed by atoms with Gasteiger partial charge in [0.2, 0.25) is 0 Å². The van der Waals surface area contributed by atoms with Crippen LogP contribution < -0.4 is 0 Å². The van der Waals surface area contributed by atoms with Gasteiger partial charge in [0.05, 0.1) is 54.9 Å². The minimum atomic E-state index is -4.90. The van der Waals surface area contributed by atoms with Crippen LogP contribution in [-0.4, -0.2) is 293 Å². The van der Waals surface area contributed by atoms with E-state index < -0.39 is 230 Å². The molecule has 548 valence electrons. The molecule has 0 aromatic rings. The average molecular weight is 1390 g/mol. The minimum absolute atomic E-state index is 0.00963. The van der Waals surface area contributed by atoms with Crippen molar-refractivity contribution in [2.45, 2.75) is 323 Å². The molecule has 6 heterocycles. The molecule has 32 heteroatoms. The molecule has 0 radical (unpaired) electrons. The van der Waals surface area contributed by atoms with Crippen LogP contribution in [0.4, 0.5) is 0 Å². The number of carbonyl (C=O) groups excluding carboxylic acids is 1. The van der Waals surface area contributed by atoms with E-state index in [-0.39, 0.29) is 54.6 Å². The first-order valence-electron chi connectivity index (χ1n) is 33.6. The fraction of sp³-hybridized carbons (Fsp3) is 0.952. The first-order chi connectivity index (χ1) is 44.3. The van der Waals surface area contributed by atoms with Crippen LogP contribution in [-0.2, 0) is 76.2 Å². The van der Waals surface area contributed by atoms with E-state index >= 15 is 0 Å². The van der Waals surface area contributed by atoms with Gasteiger partial charge in [-0.25, -0.2) is 4.18 Å². The van der Waals surface area contributed by atoms with Crippen molar-refractivity contribution in [3.8, 4) is 0 Å². The molecule has 10 aliphatic rings. The lowest BCUT2D eigenvalue weighted by Crippen LogP contribution is -2.67. The summed E-state index contributed by atoms with van der Waals surface area (Å²) in [5.74, 6) is -1.17. The molecule has 10 rings (SSSR count). The summed E-state index contributed by atoms with van der Waals surface area (Å²) in [6.45, 7) is 18.1. The lowest BCUT2D eigenvalue weighted by atomic mass is 9.47. The van der Waals surface area contributed by atoms with Crippen molar-refractivity contribution >= 4 is 16.2 Å². The maximum Gasteiger partial charge on any atom is 0.397 e. The molecule has 0 spiro atoms. The molecule has 95 heavy (non-hydrogen) atoms. The smallest absolute Gasteiger partial charge is 0.389 e. The monoisotopic (exact) mass is 1390 g/mol. The Labute approximate surface area is 552 Å². The molecule has 6 saturated heterocycles. The highest BCUT2D eigenvalue weighted by molar-refractivity contribution is 7.80. The van der Waals surface area contributed by atoms with Crippen LogP contribution in [0.15, 0.2) is 11.6 Å². The summed E-state index contributed by atoms with van der Waals surface area (Å²) in [7, 11) is -4.90. The highest BCUT2D eigenvalue weighted by atomic mass is 32.3. The largest absolute Gasteiger partial charge is 0.397 e. The zero-order chi connectivity index (χ0) is 69.8. The molecule has 39 atom stereocenters. The third kappa shape index (κ3) is 14.9. The fourth-order valence-electron chi connectivity index (χ4n) is 17.1. The fourth-order valence-corrected chi connectivity index (χ4v) is 17.6. The second kappa shape index (κ2) is 29.2. The maximum absolute atomic E-state index is 13.6. The number of allylic oxidation sites excluding steroid dienone is 2. The number of hydrogen-bond donors (Lipinski definition) is 15. The van der Waals surface area contributed by atoms with Crippen molar-refractivity contribution in [3.05, 3.63) is 11.6 Å². The van der Waals surface area contributed by atoms with Crippen molar-refractivity contribution < 1.29 is 150 Å². The number of rotatable bonds is 19. The summed E-state index contributed by atoms with van der Waals surface area (Å²) >= 11 is 0. The van der Waals surface area contributed by atoms with Gasteiger partial charge in [-0.05, 0) is 127 Å². The Kier molecular flexibility index (Phi) is 23.3. The number of ketones is 1. The SMILES string of the molecule is CC(C)C(C)C(=O)C[C@@](C)(O)[C@H]1CC[C@H]2[C@@H]3C[C@H](OC4O[C@H](C)[C@@H](O)[C@H](OC5OC[C@@H](OC6O[C@H](C)[C@@H](O)[C@H](O)[C@H]6OC6O[C@H](C)[C@H](O)[C@H](OC7O[C@H](C)[C@H](O)[C@H](O)[C@H]7O)[C@H]6O)[C@H](O)[C@H]5OC5O[C@H](C)[C@@H](O)[C@H](O)[C@H]5O)[C@H]4O)[C@H]4C[C@@H](OS(=O)(=O)O)CC[C@]4(C)C3=CC[C@@]21C. The van der Waals surface area contributed by atoms with E-state index in [4.69, 9.17) is 61.0 Å². The van der Waals surface area contributed by atoms with Gasteiger partial charge in [-0.2, -0.15) is 8.42 Å². The van der Waals surface area contributed by atoms with E-state index in [1.807, 2.05) is 20.8 Å². The second-order valence-electron chi connectivity index (χ2n) is 29.8. The Morgan fingerprint density at radius 3 is 1.53 bits per heavy atom. The summed E-state index contributed by atoms with van der Waals surface area (Å²) in [5, 5.41) is 159. The van der Waals surface area contributed by atoms with Crippen LogP contribution in [0.5, 0.6) is 0 Å². The number of fused-ring (bicyclic) bond motifs is 5. The minimum Gasteiger partial charge on any atom is -0.389 e. The molecule has 7 unspecified atom stereocenters. The Hall–Kier alpha value is -1.76. The summed E-state index contributed by atoms with van der Waals surface area (Å²) in [5.41, 5.74) is -1.33. The van der Waals surface area contributed by atoms with Gasteiger partial charge in [0.1, 0.15) is 116 Å². The molecule has 0 amide bonds. The summed E-state index contributed by atoms with van der Waals surface area (Å²) in [6.07, 6.45) is -45.3. The van der Waals surface area contributed by atoms with Crippen molar-refractivity contribution in [3.63, 3.8) is 0 Å². The Balaban J connectivity index is 0.899. The normalized spacial score (nSPS) is 52.4. The van der Waals surface area contributed by atoms with Gasteiger partial charge < -0.3 is 128 Å². The van der Waals surface area contributed by atoms with Gasteiger partial charge in [-0.1, -0.05) is 46.3 Å². The molecule has 6 aliphatic heterocycles. The Morgan fingerprint density at radius 2 is 1.00 bits per heavy atom. The third-order valence-corrected chi connectivity index (χ3v) is 23.7. The van der Waals surface area contributed by atoms with Crippen molar-refractivity contribution in [2.24, 2.45) is 46.3 Å². The van der Waals surface area contributed by atoms with E-state index in [0.29, 0.717) is 32.1 Å². The third-order valence-electron chi connectivity index (χ3n) is 23.2. The van der Waals surface area contributed by atoms with Crippen LogP contribution in [0.25, 0.3) is 0 Å². The van der Waals surface area contributed by atoms with E-state index in [2.05, 4.69) is 19.9 Å². The van der Waals surface area contributed by atoms with E-state index in [1.54, 1.807) is 6.92 Å². The highest BCUT2D eigenvalue weighted by Gasteiger charge is 2.64. The lowest BCUT2D eigenvalue weighted by molar-refractivity contribution is -0.401. The summed E-state index contributed by atoms with van der Waals surface area (Å²) < 4.78 is 113. The first-order valence-corrected chi connectivity index (χ1v) is 34.9. The van der Waals surface area contributed by atoms with Gasteiger partial charge in [0, 0.05) is 12.3 Å². The number of aliphatic hydroxyl groups excluding tert-OH is 13. The van der Waals surface area contributed by atoms with Crippen LogP contribution in [0.1, 0.15) is 128 Å². The summed E-state index contributed by atoms with van der Waals surface area (Å²) in [6, 6.07) is 0. The van der Waals surface area contributed by atoms with Crippen LogP contribution in [0, 0.1) is 46.3 Å². The van der Waals surface area contributed by atoms with Crippen LogP contribution >= 0.6 is 0 Å². The predicted octanol–water partition coefficient (Wildman–Crippen LogP) is -2.55. The number of carbonyl (C=O) groups is 1. The van der Waals surface area contributed by atoms with Crippen LogP contribution in [0.3, 0.4) is 0 Å². The second-order valence-corrected chi connectivity index (χ2v) is 30.9. The maximum atomic E-state index is 13.6.